The fourth-order valence-electron chi connectivity index (χ4n) is 1.86. The van der Waals surface area contributed by atoms with Crippen LogP contribution in [-0.4, -0.2) is 28.5 Å². The van der Waals surface area contributed by atoms with Crippen LogP contribution < -0.4 is 0 Å². The molecule has 2 rings (SSSR count). The van der Waals surface area contributed by atoms with Crippen LogP contribution in [0.2, 0.25) is 0 Å². The maximum Gasteiger partial charge on any atom is 0.0996 e. The molecule has 0 atom stereocenters. The molecule has 0 radical (unpaired) electrons. The molecule has 0 amide bonds. The molecule has 1 heterocycles. The average molecular weight is 296 g/mol. The second-order valence-corrected chi connectivity index (χ2v) is 6.66. The van der Waals surface area contributed by atoms with Crippen LogP contribution in [0.3, 0.4) is 0 Å². The average Bonchev–Trinajstić information content (AvgIpc) is 2.89. The van der Waals surface area contributed by atoms with E-state index in [1.165, 1.54) is 16.3 Å². The summed E-state index contributed by atoms with van der Waals surface area (Å²) in [5.74, 6) is 0. The van der Waals surface area contributed by atoms with Gasteiger partial charge in [0.05, 0.1) is 21.5 Å². The Labute approximate surface area is 121 Å². The van der Waals surface area contributed by atoms with Crippen molar-refractivity contribution in [3.05, 3.63) is 42.1 Å². The Morgan fingerprint density at radius 2 is 1.78 bits per heavy atom. The summed E-state index contributed by atoms with van der Waals surface area (Å²) in [7, 11) is 0. The first-order valence-corrected chi connectivity index (χ1v) is 9.34. The highest BCUT2D eigenvalue weighted by Gasteiger charge is 2.15. The van der Waals surface area contributed by atoms with Crippen LogP contribution in [0.4, 0.5) is 0 Å². The standard InChI is InChI=1S/C13H16N2S3/c1-16-12-8-9-14-15(12)11-7-5-4-6-10(11)13(17-2)18-3/h4-9,13H,1-3H3. The Morgan fingerprint density at radius 1 is 1.06 bits per heavy atom. The van der Waals surface area contributed by atoms with Gasteiger partial charge >= 0.3 is 0 Å². The lowest BCUT2D eigenvalue weighted by atomic mass is 10.2. The minimum Gasteiger partial charge on any atom is -0.227 e. The van der Waals surface area contributed by atoms with Gasteiger partial charge in [0.25, 0.3) is 0 Å². The van der Waals surface area contributed by atoms with E-state index in [2.05, 4.69) is 54.2 Å². The van der Waals surface area contributed by atoms with E-state index in [0.717, 1.165) is 0 Å². The molecule has 0 unspecified atom stereocenters. The SMILES string of the molecule is CSc1ccnn1-c1ccccc1C(SC)SC. The summed E-state index contributed by atoms with van der Waals surface area (Å²) in [4.78, 5) is 0. The number of para-hydroxylation sites is 1. The third kappa shape index (κ3) is 2.73. The maximum absolute atomic E-state index is 4.45. The molecule has 2 nitrogen and oxygen atoms in total. The zero-order valence-corrected chi connectivity index (χ0v) is 13.1. The number of thioether (sulfide) groups is 3. The van der Waals surface area contributed by atoms with Gasteiger partial charge in [-0.05, 0) is 30.9 Å². The molecule has 5 heteroatoms. The smallest absolute Gasteiger partial charge is 0.0996 e. The molecule has 2 aromatic rings. The van der Waals surface area contributed by atoms with Gasteiger partial charge in [-0.2, -0.15) is 5.10 Å². The Kier molecular flexibility index (Phi) is 5.09. The van der Waals surface area contributed by atoms with Crippen LogP contribution in [0.15, 0.2) is 41.6 Å². The van der Waals surface area contributed by atoms with Gasteiger partial charge in [0.15, 0.2) is 0 Å². The fraction of sp³-hybridized carbons (Fsp3) is 0.308. The number of hydrogen-bond donors (Lipinski definition) is 0. The predicted molar refractivity (Wildman–Crippen MR) is 85.1 cm³/mol. The molecular weight excluding hydrogens is 280 g/mol. The van der Waals surface area contributed by atoms with E-state index in [-0.39, 0.29) is 0 Å². The van der Waals surface area contributed by atoms with Crippen molar-refractivity contribution in [2.24, 2.45) is 0 Å². The van der Waals surface area contributed by atoms with E-state index in [9.17, 15) is 0 Å². The van der Waals surface area contributed by atoms with Crippen molar-refractivity contribution in [1.82, 2.24) is 9.78 Å². The second kappa shape index (κ2) is 6.59. The van der Waals surface area contributed by atoms with Crippen LogP contribution in [-0.2, 0) is 0 Å². The number of nitrogens with zero attached hydrogens (tertiary/aromatic N) is 2. The van der Waals surface area contributed by atoms with Gasteiger partial charge in [-0.15, -0.1) is 35.3 Å². The summed E-state index contributed by atoms with van der Waals surface area (Å²) in [5.41, 5.74) is 2.51. The van der Waals surface area contributed by atoms with Crippen LogP contribution in [0.5, 0.6) is 0 Å². The first-order chi connectivity index (χ1) is 8.81. The molecule has 0 aliphatic heterocycles. The van der Waals surface area contributed by atoms with E-state index in [4.69, 9.17) is 0 Å². The first-order valence-electron chi connectivity index (χ1n) is 5.54. The minimum absolute atomic E-state index is 0.445. The van der Waals surface area contributed by atoms with E-state index in [0.29, 0.717) is 4.58 Å². The summed E-state index contributed by atoms with van der Waals surface area (Å²) in [6, 6.07) is 10.6. The van der Waals surface area contributed by atoms with E-state index in [1.54, 1.807) is 11.8 Å². The molecule has 0 saturated heterocycles. The topological polar surface area (TPSA) is 17.8 Å². The highest BCUT2D eigenvalue weighted by Crippen LogP contribution is 2.39. The van der Waals surface area contributed by atoms with E-state index >= 15 is 0 Å². The van der Waals surface area contributed by atoms with Gasteiger partial charge < -0.3 is 0 Å². The summed E-state index contributed by atoms with van der Waals surface area (Å²) >= 11 is 5.45. The summed E-state index contributed by atoms with van der Waals surface area (Å²) in [5, 5.41) is 5.62. The number of rotatable bonds is 5. The zero-order chi connectivity index (χ0) is 13.0. The third-order valence-electron chi connectivity index (χ3n) is 2.66. The minimum atomic E-state index is 0.445. The highest BCUT2D eigenvalue weighted by molar-refractivity contribution is 8.15. The van der Waals surface area contributed by atoms with Gasteiger partial charge in [0, 0.05) is 5.56 Å². The molecule has 0 saturated carbocycles. The number of benzene rings is 1. The van der Waals surface area contributed by atoms with Crippen molar-refractivity contribution in [3.63, 3.8) is 0 Å². The van der Waals surface area contributed by atoms with Crippen LogP contribution >= 0.6 is 35.3 Å². The normalized spacial score (nSPS) is 11.1. The molecule has 0 bridgehead atoms. The fourth-order valence-corrected chi connectivity index (χ4v) is 4.05. The largest absolute Gasteiger partial charge is 0.227 e. The lowest BCUT2D eigenvalue weighted by Gasteiger charge is -2.17. The molecule has 0 N–H and O–H groups in total. The zero-order valence-electron chi connectivity index (χ0n) is 10.7. The van der Waals surface area contributed by atoms with Crippen LogP contribution in [0, 0.1) is 0 Å². The Morgan fingerprint density at radius 3 is 2.44 bits per heavy atom. The summed E-state index contributed by atoms with van der Waals surface area (Å²) < 4.78 is 2.47. The quantitative estimate of drug-likeness (QED) is 0.604. The number of hydrogen-bond acceptors (Lipinski definition) is 4. The van der Waals surface area contributed by atoms with Crippen LogP contribution in [0.1, 0.15) is 10.1 Å². The van der Waals surface area contributed by atoms with Gasteiger partial charge in [-0.25, -0.2) is 4.68 Å². The van der Waals surface area contributed by atoms with Crippen molar-refractivity contribution in [2.45, 2.75) is 9.61 Å². The van der Waals surface area contributed by atoms with Gasteiger partial charge in [0.1, 0.15) is 0 Å². The van der Waals surface area contributed by atoms with Crippen molar-refractivity contribution < 1.29 is 0 Å². The molecule has 0 aliphatic rings. The van der Waals surface area contributed by atoms with Crippen LogP contribution in [0.25, 0.3) is 5.69 Å². The molecule has 96 valence electrons. The van der Waals surface area contributed by atoms with Crippen molar-refractivity contribution in [3.8, 4) is 5.69 Å². The van der Waals surface area contributed by atoms with E-state index in [1.807, 2.05) is 34.4 Å². The molecule has 0 fully saturated rings. The lowest BCUT2D eigenvalue weighted by molar-refractivity contribution is 0.797. The Hall–Kier alpha value is -0.520. The van der Waals surface area contributed by atoms with Crippen molar-refractivity contribution in [2.75, 3.05) is 18.8 Å². The third-order valence-corrected chi connectivity index (χ3v) is 5.91. The maximum atomic E-state index is 4.45. The molecule has 1 aromatic carbocycles. The van der Waals surface area contributed by atoms with Gasteiger partial charge in [-0.1, -0.05) is 18.2 Å². The first kappa shape index (κ1) is 13.9. The Bertz CT molecular complexity index is 506. The highest BCUT2D eigenvalue weighted by atomic mass is 32.2. The Balaban J connectivity index is 2.51. The lowest BCUT2D eigenvalue weighted by Crippen LogP contribution is -2.03. The van der Waals surface area contributed by atoms with Gasteiger partial charge in [0.2, 0.25) is 0 Å². The monoisotopic (exact) mass is 296 g/mol. The number of aromatic nitrogens is 2. The summed E-state index contributed by atoms with van der Waals surface area (Å²) in [6.07, 6.45) is 8.24. The second-order valence-electron chi connectivity index (χ2n) is 3.65. The van der Waals surface area contributed by atoms with E-state index < -0.39 is 0 Å². The molecule has 0 spiro atoms. The molecular formula is C13H16N2S3. The molecule has 18 heavy (non-hydrogen) atoms. The summed E-state index contributed by atoms with van der Waals surface area (Å²) in [6.45, 7) is 0. The van der Waals surface area contributed by atoms with Gasteiger partial charge in [-0.3, -0.25) is 0 Å². The molecule has 1 aromatic heterocycles. The van der Waals surface area contributed by atoms with Crippen molar-refractivity contribution in [1.29, 1.82) is 0 Å². The predicted octanol–water partition coefficient (Wildman–Crippen LogP) is 4.32. The molecule has 0 aliphatic carbocycles. The van der Waals surface area contributed by atoms with Crippen molar-refractivity contribution >= 4 is 35.3 Å².